The third-order valence-corrected chi connectivity index (χ3v) is 4.75. The van der Waals surface area contributed by atoms with Crippen LogP contribution >= 0.6 is 0 Å². The first-order chi connectivity index (χ1) is 7.89. The van der Waals surface area contributed by atoms with Gasteiger partial charge in [-0.05, 0) is 38.1 Å². The van der Waals surface area contributed by atoms with Crippen molar-refractivity contribution in [2.75, 3.05) is 18.5 Å². The second-order valence-electron chi connectivity index (χ2n) is 4.13. The molecule has 0 bridgehead atoms. The Kier molecular flexibility index (Phi) is 4.28. The molecule has 0 saturated carbocycles. The zero-order valence-corrected chi connectivity index (χ0v) is 11.1. The summed E-state index contributed by atoms with van der Waals surface area (Å²) in [5, 5.41) is -0.430. The van der Waals surface area contributed by atoms with Crippen molar-refractivity contribution in [3.8, 4) is 0 Å². The van der Waals surface area contributed by atoms with E-state index >= 15 is 0 Å². The summed E-state index contributed by atoms with van der Waals surface area (Å²) in [4.78, 5) is 12.4. The topological polar surface area (TPSA) is 54.5 Å². The van der Waals surface area contributed by atoms with E-state index in [1.807, 2.05) is 0 Å². The molecule has 0 fully saturated rings. The lowest BCUT2D eigenvalue weighted by Gasteiger charge is -2.16. The standard InChI is InChI=1S/C12H17NO3S/c1-10(2)17(15,16)12-6-4-11(5-7-12)13(3)8-9-14/h4-7,9-10H,8H2,1-3H3. The number of sulfone groups is 1. The lowest BCUT2D eigenvalue weighted by molar-refractivity contribution is -0.106. The quantitative estimate of drug-likeness (QED) is 0.748. The van der Waals surface area contributed by atoms with E-state index in [9.17, 15) is 13.2 Å². The number of anilines is 1. The Bertz CT molecular complexity index is 477. The molecule has 0 amide bonds. The van der Waals surface area contributed by atoms with Gasteiger partial charge in [0, 0.05) is 12.7 Å². The van der Waals surface area contributed by atoms with Crippen LogP contribution in [0.1, 0.15) is 13.8 Å². The molecule has 94 valence electrons. The average molecular weight is 255 g/mol. The number of carbonyl (C=O) groups excluding carboxylic acids is 1. The third kappa shape index (κ3) is 3.06. The van der Waals surface area contributed by atoms with Gasteiger partial charge >= 0.3 is 0 Å². The summed E-state index contributed by atoms with van der Waals surface area (Å²) >= 11 is 0. The van der Waals surface area contributed by atoms with Gasteiger partial charge in [-0.25, -0.2) is 8.42 Å². The molecule has 1 aromatic carbocycles. The van der Waals surface area contributed by atoms with E-state index in [0.717, 1.165) is 12.0 Å². The van der Waals surface area contributed by atoms with Crippen molar-refractivity contribution in [3.05, 3.63) is 24.3 Å². The fourth-order valence-electron chi connectivity index (χ4n) is 1.38. The molecule has 1 aromatic rings. The fraction of sp³-hybridized carbons (Fsp3) is 0.417. The Hall–Kier alpha value is -1.36. The van der Waals surface area contributed by atoms with Gasteiger partial charge in [0.25, 0.3) is 0 Å². The van der Waals surface area contributed by atoms with Crippen LogP contribution in [0.25, 0.3) is 0 Å². The summed E-state index contributed by atoms with van der Waals surface area (Å²) in [5.41, 5.74) is 0.819. The molecular formula is C12H17NO3S. The van der Waals surface area contributed by atoms with Crippen LogP contribution in [0.5, 0.6) is 0 Å². The molecule has 0 aliphatic rings. The number of hydrogen-bond donors (Lipinski definition) is 0. The van der Waals surface area contributed by atoms with Crippen molar-refractivity contribution >= 4 is 21.8 Å². The molecule has 1 rings (SSSR count). The van der Waals surface area contributed by atoms with Crippen LogP contribution in [0.15, 0.2) is 29.2 Å². The smallest absolute Gasteiger partial charge is 0.180 e. The van der Waals surface area contributed by atoms with Gasteiger partial charge in [0.15, 0.2) is 9.84 Å². The Morgan fingerprint density at radius 3 is 2.18 bits per heavy atom. The number of nitrogens with zero attached hydrogens (tertiary/aromatic N) is 1. The van der Waals surface area contributed by atoms with Crippen LogP contribution in [-0.4, -0.2) is 33.5 Å². The van der Waals surface area contributed by atoms with E-state index < -0.39 is 15.1 Å². The molecule has 4 nitrogen and oxygen atoms in total. The molecular weight excluding hydrogens is 238 g/mol. The van der Waals surface area contributed by atoms with Crippen molar-refractivity contribution in [2.24, 2.45) is 0 Å². The van der Waals surface area contributed by atoms with E-state index in [4.69, 9.17) is 0 Å². The van der Waals surface area contributed by atoms with E-state index in [0.29, 0.717) is 4.90 Å². The van der Waals surface area contributed by atoms with Gasteiger partial charge in [-0.1, -0.05) is 0 Å². The molecule has 0 saturated heterocycles. The SMILES string of the molecule is CC(C)S(=O)(=O)c1ccc(N(C)CC=O)cc1. The van der Waals surface area contributed by atoms with Gasteiger partial charge in [0.1, 0.15) is 6.29 Å². The molecule has 0 radical (unpaired) electrons. The van der Waals surface area contributed by atoms with Gasteiger partial charge in [-0.2, -0.15) is 0 Å². The fourth-order valence-corrected chi connectivity index (χ4v) is 2.44. The largest absolute Gasteiger partial charge is 0.368 e. The Morgan fingerprint density at radius 2 is 1.76 bits per heavy atom. The molecule has 0 heterocycles. The lowest BCUT2D eigenvalue weighted by atomic mass is 10.3. The molecule has 17 heavy (non-hydrogen) atoms. The maximum absolute atomic E-state index is 11.9. The van der Waals surface area contributed by atoms with Gasteiger partial charge in [-0.3, -0.25) is 0 Å². The molecule has 0 unspecified atom stereocenters. The van der Waals surface area contributed by atoms with E-state index in [1.54, 1.807) is 50.1 Å². The number of aldehydes is 1. The van der Waals surface area contributed by atoms with Crippen LogP contribution in [-0.2, 0) is 14.6 Å². The normalized spacial score (nSPS) is 11.5. The van der Waals surface area contributed by atoms with Crippen molar-refractivity contribution in [1.82, 2.24) is 0 Å². The summed E-state index contributed by atoms with van der Waals surface area (Å²) in [7, 11) is -1.44. The summed E-state index contributed by atoms with van der Waals surface area (Å²) in [6, 6.07) is 6.56. The van der Waals surface area contributed by atoms with E-state index in [1.165, 1.54) is 0 Å². The Balaban J connectivity index is 3.00. The van der Waals surface area contributed by atoms with Crippen LogP contribution in [0.3, 0.4) is 0 Å². The molecule has 0 spiro atoms. The summed E-state index contributed by atoms with van der Waals surface area (Å²) in [6.45, 7) is 3.60. The van der Waals surface area contributed by atoms with Crippen LogP contribution in [0.4, 0.5) is 5.69 Å². The number of hydrogen-bond acceptors (Lipinski definition) is 4. The number of benzene rings is 1. The van der Waals surface area contributed by atoms with Gasteiger partial charge in [-0.15, -0.1) is 0 Å². The highest BCUT2D eigenvalue weighted by Gasteiger charge is 2.18. The predicted octanol–water partition coefficient (Wildman–Crippen LogP) is 1.50. The average Bonchev–Trinajstić information content (AvgIpc) is 2.29. The molecule has 0 atom stereocenters. The highest BCUT2D eigenvalue weighted by atomic mass is 32.2. The second-order valence-corrected chi connectivity index (χ2v) is 6.64. The Morgan fingerprint density at radius 1 is 1.24 bits per heavy atom. The monoisotopic (exact) mass is 255 g/mol. The van der Waals surface area contributed by atoms with Crippen LogP contribution in [0.2, 0.25) is 0 Å². The van der Waals surface area contributed by atoms with Crippen molar-refractivity contribution < 1.29 is 13.2 Å². The zero-order chi connectivity index (χ0) is 13.1. The Labute approximate surface area is 102 Å². The summed E-state index contributed by atoms with van der Waals surface area (Å²) < 4.78 is 23.7. The number of carbonyl (C=O) groups is 1. The minimum absolute atomic E-state index is 0.288. The van der Waals surface area contributed by atoms with Crippen LogP contribution in [0, 0.1) is 0 Å². The van der Waals surface area contributed by atoms with Crippen LogP contribution < -0.4 is 4.90 Å². The molecule has 0 N–H and O–H groups in total. The van der Waals surface area contributed by atoms with Gasteiger partial charge < -0.3 is 9.69 Å². The highest BCUT2D eigenvalue weighted by Crippen LogP contribution is 2.19. The lowest BCUT2D eigenvalue weighted by Crippen LogP contribution is -2.19. The number of rotatable bonds is 5. The second kappa shape index (κ2) is 5.31. The van der Waals surface area contributed by atoms with Gasteiger partial charge in [0.2, 0.25) is 0 Å². The third-order valence-electron chi connectivity index (χ3n) is 2.58. The van der Waals surface area contributed by atoms with E-state index in [-0.39, 0.29) is 6.54 Å². The predicted molar refractivity (Wildman–Crippen MR) is 68.1 cm³/mol. The first-order valence-electron chi connectivity index (χ1n) is 5.38. The minimum Gasteiger partial charge on any atom is -0.368 e. The first-order valence-corrected chi connectivity index (χ1v) is 6.93. The number of likely N-dealkylation sites (N-methyl/N-ethyl adjacent to an activating group) is 1. The molecule has 0 aromatic heterocycles. The van der Waals surface area contributed by atoms with Gasteiger partial charge in [0.05, 0.1) is 16.7 Å². The maximum atomic E-state index is 11.9. The molecule has 5 heteroatoms. The summed E-state index contributed by atoms with van der Waals surface area (Å²) in [6.07, 6.45) is 0.804. The molecule has 0 aliphatic heterocycles. The zero-order valence-electron chi connectivity index (χ0n) is 10.3. The summed E-state index contributed by atoms with van der Waals surface area (Å²) in [5.74, 6) is 0. The minimum atomic E-state index is -3.22. The maximum Gasteiger partial charge on any atom is 0.180 e. The van der Waals surface area contributed by atoms with Crippen molar-refractivity contribution in [2.45, 2.75) is 24.0 Å². The van der Waals surface area contributed by atoms with E-state index in [2.05, 4.69) is 0 Å². The first kappa shape index (κ1) is 13.7. The molecule has 0 aliphatic carbocycles. The van der Waals surface area contributed by atoms with Crippen molar-refractivity contribution in [1.29, 1.82) is 0 Å². The highest BCUT2D eigenvalue weighted by molar-refractivity contribution is 7.92. The van der Waals surface area contributed by atoms with Crippen molar-refractivity contribution in [3.63, 3.8) is 0 Å².